The van der Waals surface area contributed by atoms with Gasteiger partial charge in [0.2, 0.25) is 10.0 Å². The molecule has 2 aliphatic rings. The quantitative estimate of drug-likeness (QED) is 0.691. The minimum Gasteiger partial charge on any atom is -0.270 e. The average molecular weight is 297 g/mol. The summed E-state index contributed by atoms with van der Waals surface area (Å²) in [4.78, 5) is 0. The van der Waals surface area contributed by atoms with Gasteiger partial charge in [0, 0.05) is 12.1 Å². The summed E-state index contributed by atoms with van der Waals surface area (Å²) in [5.41, 5.74) is 0. The fraction of sp³-hybridized carbons (Fsp3) is 1.00. The van der Waals surface area contributed by atoms with Crippen LogP contribution in [0.2, 0.25) is 0 Å². The molecular formula is C10H19NO5S2. The first-order valence-corrected chi connectivity index (χ1v) is 9.66. The molecule has 2 saturated heterocycles. The average Bonchev–Trinajstić information content (AvgIpc) is 2.47. The predicted octanol–water partition coefficient (Wildman–Crippen LogP) is 0.165. The largest absolute Gasteiger partial charge is 0.270 e. The van der Waals surface area contributed by atoms with Crippen LogP contribution in [0.5, 0.6) is 0 Å². The van der Waals surface area contributed by atoms with Gasteiger partial charge in [0.1, 0.15) is 0 Å². The van der Waals surface area contributed by atoms with E-state index < -0.39 is 20.1 Å². The molecule has 2 heterocycles. The Hall–Kier alpha value is -0.180. The fourth-order valence-corrected chi connectivity index (χ4v) is 5.05. The number of hydrogen-bond acceptors (Lipinski definition) is 5. The Balaban J connectivity index is 2.01. The van der Waals surface area contributed by atoms with E-state index in [1.54, 1.807) is 4.31 Å². The molecule has 2 aliphatic heterocycles. The summed E-state index contributed by atoms with van der Waals surface area (Å²) >= 11 is 0. The van der Waals surface area contributed by atoms with Crippen LogP contribution in [0.15, 0.2) is 0 Å². The van der Waals surface area contributed by atoms with Crippen LogP contribution in [-0.4, -0.2) is 52.3 Å². The lowest BCUT2D eigenvalue weighted by molar-refractivity contribution is 0.143. The molecule has 3 atom stereocenters. The van der Waals surface area contributed by atoms with E-state index in [2.05, 4.69) is 0 Å². The molecule has 18 heavy (non-hydrogen) atoms. The van der Waals surface area contributed by atoms with E-state index in [-0.39, 0.29) is 24.6 Å². The van der Waals surface area contributed by atoms with Crippen LogP contribution in [0.1, 0.15) is 25.7 Å². The molecular weight excluding hydrogens is 278 g/mol. The van der Waals surface area contributed by atoms with E-state index in [9.17, 15) is 16.8 Å². The van der Waals surface area contributed by atoms with Gasteiger partial charge in [-0.25, -0.2) is 8.42 Å². The Morgan fingerprint density at radius 3 is 1.94 bits per heavy atom. The van der Waals surface area contributed by atoms with Gasteiger partial charge in [0.15, 0.2) is 0 Å². The van der Waals surface area contributed by atoms with E-state index in [0.29, 0.717) is 12.8 Å². The maximum Gasteiger partial charge on any atom is 0.264 e. The van der Waals surface area contributed by atoms with E-state index >= 15 is 0 Å². The highest BCUT2D eigenvalue weighted by atomic mass is 32.2. The zero-order chi connectivity index (χ0) is 13.6. The van der Waals surface area contributed by atoms with Crippen molar-refractivity contribution in [3.05, 3.63) is 0 Å². The maximum absolute atomic E-state index is 11.7. The van der Waals surface area contributed by atoms with Crippen molar-refractivity contribution in [1.29, 1.82) is 0 Å². The van der Waals surface area contributed by atoms with Crippen LogP contribution in [0, 0.1) is 5.92 Å². The van der Waals surface area contributed by atoms with E-state index in [1.165, 1.54) is 6.26 Å². The SMILES string of the molecule is CS(=O)(=O)OC[C@H]1C[C@H]2CC[C@@H](C1)N2S(C)(=O)=O. The Kier molecular flexibility index (Phi) is 3.74. The smallest absolute Gasteiger partial charge is 0.264 e. The van der Waals surface area contributed by atoms with Gasteiger partial charge in [-0.15, -0.1) is 0 Å². The molecule has 2 fully saturated rings. The molecule has 2 bridgehead atoms. The molecule has 0 aromatic carbocycles. The standard InChI is InChI=1S/C10H19NO5S2/c1-17(12,13)11-9-3-4-10(11)6-8(5-9)7-16-18(2,14)15/h8-10H,3-7H2,1-2H3/t8-,9+,10-. The molecule has 0 amide bonds. The lowest BCUT2D eigenvalue weighted by Crippen LogP contribution is -2.46. The number of hydrogen-bond donors (Lipinski definition) is 0. The third-order valence-corrected chi connectivity index (χ3v) is 5.59. The van der Waals surface area contributed by atoms with Gasteiger partial charge >= 0.3 is 0 Å². The highest BCUT2D eigenvalue weighted by molar-refractivity contribution is 7.88. The van der Waals surface area contributed by atoms with Gasteiger partial charge in [-0.3, -0.25) is 4.18 Å². The molecule has 0 aromatic rings. The third kappa shape index (κ3) is 3.23. The van der Waals surface area contributed by atoms with Crippen LogP contribution in [0.3, 0.4) is 0 Å². The van der Waals surface area contributed by atoms with Crippen LogP contribution in [-0.2, 0) is 24.3 Å². The summed E-state index contributed by atoms with van der Waals surface area (Å²) in [6.07, 6.45) is 5.40. The third-order valence-electron chi connectivity index (χ3n) is 3.66. The molecule has 0 aromatic heterocycles. The van der Waals surface area contributed by atoms with Crippen LogP contribution >= 0.6 is 0 Å². The molecule has 0 aliphatic carbocycles. The Morgan fingerprint density at radius 2 is 1.56 bits per heavy atom. The summed E-state index contributed by atoms with van der Waals surface area (Å²) < 4.78 is 51.7. The normalized spacial score (nSPS) is 33.8. The fourth-order valence-electron chi connectivity index (χ4n) is 3.14. The van der Waals surface area contributed by atoms with Gasteiger partial charge in [0.05, 0.1) is 19.1 Å². The second-order valence-electron chi connectivity index (χ2n) is 5.30. The second kappa shape index (κ2) is 4.73. The molecule has 8 heteroatoms. The number of rotatable bonds is 4. The summed E-state index contributed by atoms with van der Waals surface area (Å²) in [7, 11) is -6.57. The van der Waals surface area contributed by atoms with Gasteiger partial charge < -0.3 is 0 Å². The van der Waals surface area contributed by atoms with Crippen molar-refractivity contribution in [2.24, 2.45) is 5.92 Å². The van der Waals surface area contributed by atoms with Crippen molar-refractivity contribution in [2.45, 2.75) is 37.8 Å². The topological polar surface area (TPSA) is 80.8 Å². The van der Waals surface area contributed by atoms with E-state index in [4.69, 9.17) is 4.18 Å². The summed E-state index contributed by atoms with van der Waals surface area (Å²) in [6.45, 7) is 0.170. The lowest BCUT2D eigenvalue weighted by Gasteiger charge is -2.36. The van der Waals surface area contributed by atoms with Crippen molar-refractivity contribution < 1.29 is 21.0 Å². The van der Waals surface area contributed by atoms with Crippen molar-refractivity contribution in [2.75, 3.05) is 19.1 Å². The minimum atomic E-state index is -3.41. The monoisotopic (exact) mass is 297 g/mol. The molecule has 106 valence electrons. The first kappa shape index (κ1) is 14.2. The zero-order valence-electron chi connectivity index (χ0n) is 10.6. The summed E-state index contributed by atoms with van der Waals surface area (Å²) in [5.74, 6) is 0.134. The molecule has 0 saturated carbocycles. The van der Waals surface area contributed by atoms with Crippen molar-refractivity contribution in [1.82, 2.24) is 4.31 Å². The Bertz CT molecular complexity index is 498. The van der Waals surface area contributed by atoms with Crippen LogP contribution < -0.4 is 0 Å². The highest BCUT2D eigenvalue weighted by Crippen LogP contribution is 2.40. The first-order chi connectivity index (χ1) is 8.17. The van der Waals surface area contributed by atoms with Gasteiger partial charge in [0.25, 0.3) is 10.1 Å². The predicted molar refractivity (Wildman–Crippen MR) is 67.0 cm³/mol. The minimum absolute atomic E-state index is 0.0203. The van der Waals surface area contributed by atoms with Gasteiger partial charge in [-0.2, -0.15) is 12.7 Å². The number of nitrogens with zero attached hydrogens (tertiary/aromatic N) is 1. The summed E-state index contributed by atoms with van der Waals surface area (Å²) in [6, 6.07) is 0.0406. The molecule has 2 rings (SSSR count). The Morgan fingerprint density at radius 1 is 1.06 bits per heavy atom. The molecule has 6 nitrogen and oxygen atoms in total. The van der Waals surface area contributed by atoms with Crippen molar-refractivity contribution >= 4 is 20.1 Å². The molecule has 0 spiro atoms. The number of piperidine rings is 1. The Labute approximate surface area is 108 Å². The molecule has 0 unspecified atom stereocenters. The number of sulfonamides is 1. The van der Waals surface area contributed by atoms with Crippen LogP contribution in [0.25, 0.3) is 0 Å². The van der Waals surface area contributed by atoms with Gasteiger partial charge in [-0.1, -0.05) is 0 Å². The number of fused-ring (bicyclic) bond motifs is 2. The first-order valence-electron chi connectivity index (χ1n) is 6.00. The van der Waals surface area contributed by atoms with Gasteiger partial charge in [-0.05, 0) is 31.6 Å². The van der Waals surface area contributed by atoms with E-state index in [1.807, 2.05) is 0 Å². The highest BCUT2D eigenvalue weighted by Gasteiger charge is 2.45. The second-order valence-corrected chi connectivity index (χ2v) is 8.84. The summed E-state index contributed by atoms with van der Waals surface area (Å²) in [5, 5.41) is 0. The molecule has 0 N–H and O–H groups in total. The maximum atomic E-state index is 11.7. The zero-order valence-corrected chi connectivity index (χ0v) is 12.2. The van der Waals surface area contributed by atoms with Crippen molar-refractivity contribution in [3.8, 4) is 0 Å². The van der Waals surface area contributed by atoms with Crippen LogP contribution in [0.4, 0.5) is 0 Å². The van der Waals surface area contributed by atoms with Crippen molar-refractivity contribution in [3.63, 3.8) is 0 Å². The van der Waals surface area contributed by atoms with E-state index in [0.717, 1.165) is 19.1 Å². The molecule has 0 radical (unpaired) electrons. The lowest BCUT2D eigenvalue weighted by atomic mass is 9.93.